The van der Waals surface area contributed by atoms with Crippen molar-refractivity contribution >= 4 is 39.0 Å². The summed E-state index contributed by atoms with van der Waals surface area (Å²) in [6.45, 7) is -0.207. The maximum atomic E-state index is 14.2. The lowest BCUT2D eigenvalue weighted by atomic mass is 10.0. The van der Waals surface area contributed by atoms with Crippen LogP contribution in [0.2, 0.25) is 10.0 Å². The molecular formula is C35H28Cl2FNO4S. The van der Waals surface area contributed by atoms with Crippen LogP contribution in [0.5, 0.6) is 5.75 Å². The Hall–Kier alpha value is -4.01. The first-order valence-electron chi connectivity index (χ1n) is 13.8. The molecule has 0 amide bonds. The van der Waals surface area contributed by atoms with Crippen LogP contribution in [0.4, 0.5) is 4.39 Å². The lowest BCUT2D eigenvalue weighted by Gasteiger charge is -2.24. The Labute approximate surface area is 266 Å². The molecule has 0 heterocycles. The molecule has 0 aliphatic rings. The molecule has 5 nitrogen and oxygen atoms in total. The third kappa shape index (κ3) is 7.55. The first kappa shape index (κ1) is 31.4. The fourth-order valence-corrected chi connectivity index (χ4v) is 6.78. The van der Waals surface area contributed by atoms with Crippen molar-refractivity contribution in [2.75, 3.05) is 0 Å². The monoisotopic (exact) mass is 647 g/mol. The van der Waals surface area contributed by atoms with Crippen LogP contribution >= 0.6 is 23.2 Å². The molecule has 0 saturated heterocycles. The fraction of sp³-hybridized carbons (Fsp3) is 0.114. The number of hydrogen-bond donors (Lipinski definition) is 1. The van der Waals surface area contributed by atoms with Crippen LogP contribution < -0.4 is 0 Å². The molecule has 0 radical (unpaired) electrons. The molecule has 5 aromatic rings. The Morgan fingerprint density at radius 1 is 0.727 bits per heavy atom. The number of nitrogens with zero attached hydrogens (tertiary/aromatic N) is 1. The van der Waals surface area contributed by atoms with E-state index >= 15 is 0 Å². The summed E-state index contributed by atoms with van der Waals surface area (Å²) in [5.41, 5.74) is 4.00. The van der Waals surface area contributed by atoms with E-state index < -0.39 is 26.5 Å². The second-order valence-corrected chi connectivity index (χ2v) is 13.1. The lowest BCUT2D eigenvalue weighted by Crippen LogP contribution is -2.30. The summed E-state index contributed by atoms with van der Waals surface area (Å²) >= 11 is 12.3. The molecule has 9 heteroatoms. The largest absolute Gasteiger partial charge is 0.505 e. The number of Topliss-reactive ketones (excluding diaryl/α,β-unsaturated/α-hetero) is 1. The summed E-state index contributed by atoms with van der Waals surface area (Å²) in [7, 11) is -4.43. The van der Waals surface area contributed by atoms with Crippen molar-refractivity contribution in [3.05, 3.63) is 153 Å². The van der Waals surface area contributed by atoms with E-state index in [1.165, 1.54) is 40.7 Å². The summed E-state index contributed by atoms with van der Waals surface area (Å²) in [6, 6.07) is 32.1. The first-order valence-corrected chi connectivity index (χ1v) is 16.0. The SMILES string of the molecule is O=C(CCc1ccccc1)c1cc(Cl)c(O)c(S(=O)(=O)N(Cc2ccc(F)cc2)Cc2cccc(-c3ccc(Cl)cc3)c2)c1. The highest BCUT2D eigenvalue weighted by Crippen LogP contribution is 2.36. The van der Waals surface area contributed by atoms with Gasteiger partial charge in [0.05, 0.1) is 5.02 Å². The maximum Gasteiger partial charge on any atom is 0.247 e. The highest BCUT2D eigenvalue weighted by molar-refractivity contribution is 7.89. The quantitative estimate of drug-likeness (QED) is 0.146. The number of rotatable bonds is 11. The van der Waals surface area contributed by atoms with E-state index in [0.29, 0.717) is 22.6 Å². The third-order valence-corrected chi connectivity index (χ3v) is 9.53. The van der Waals surface area contributed by atoms with Gasteiger partial charge in [-0.2, -0.15) is 4.31 Å². The number of phenolic OH excluding ortho intramolecular Hbond substituents is 1. The minimum Gasteiger partial charge on any atom is -0.505 e. The predicted octanol–water partition coefficient (Wildman–Crippen LogP) is 8.71. The van der Waals surface area contributed by atoms with E-state index in [9.17, 15) is 22.7 Å². The molecule has 0 saturated carbocycles. The minimum absolute atomic E-state index is 0.0776. The second kappa shape index (κ2) is 13.7. The number of aromatic hydroxyl groups is 1. The molecule has 5 aromatic carbocycles. The summed E-state index contributed by atoms with van der Waals surface area (Å²) in [6.07, 6.45) is 0.586. The highest BCUT2D eigenvalue weighted by atomic mass is 35.5. The molecule has 0 aromatic heterocycles. The number of carbonyl (C=O) groups excluding carboxylic acids is 1. The van der Waals surface area contributed by atoms with E-state index in [1.54, 1.807) is 18.2 Å². The van der Waals surface area contributed by atoms with Crippen molar-refractivity contribution in [1.82, 2.24) is 4.31 Å². The Kier molecular flexibility index (Phi) is 9.81. The molecule has 44 heavy (non-hydrogen) atoms. The van der Waals surface area contributed by atoms with Gasteiger partial charge in [0.15, 0.2) is 11.5 Å². The Morgan fingerprint density at radius 3 is 2.09 bits per heavy atom. The van der Waals surface area contributed by atoms with Crippen LogP contribution in [-0.2, 0) is 29.5 Å². The van der Waals surface area contributed by atoms with Crippen molar-refractivity contribution in [3.8, 4) is 16.9 Å². The van der Waals surface area contributed by atoms with Crippen molar-refractivity contribution in [3.63, 3.8) is 0 Å². The van der Waals surface area contributed by atoms with Gasteiger partial charge in [0.2, 0.25) is 10.0 Å². The van der Waals surface area contributed by atoms with Crippen molar-refractivity contribution < 1.29 is 22.7 Å². The van der Waals surface area contributed by atoms with Gasteiger partial charge in [0, 0.05) is 30.1 Å². The number of ketones is 1. The standard InChI is InChI=1S/C35H28Cl2FNO4S/c36-30-14-12-27(13-15-30)28-8-4-7-26(19-28)23-39(22-25-9-16-31(38)17-10-25)44(42,43)34-21-29(20-32(37)35(34)41)33(40)18-11-24-5-2-1-3-6-24/h1-10,12-17,19-21,41H,11,18,22-23H2. The molecule has 0 spiro atoms. The fourth-order valence-electron chi connectivity index (χ4n) is 4.83. The molecule has 0 aliphatic carbocycles. The lowest BCUT2D eigenvalue weighted by molar-refractivity contribution is 0.0982. The van der Waals surface area contributed by atoms with E-state index in [4.69, 9.17) is 23.2 Å². The van der Waals surface area contributed by atoms with Gasteiger partial charge in [-0.15, -0.1) is 0 Å². The molecule has 0 fully saturated rings. The Balaban J connectivity index is 1.50. The van der Waals surface area contributed by atoms with Crippen molar-refractivity contribution in [2.24, 2.45) is 0 Å². The van der Waals surface area contributed by atoms with Crippen molar-refractivity contribution in [1.29, 1.82) is 0 Å². The topological polar surface area (TPSA) is 74.7 Å². The van der Waals surface area contributed by atoms with Crippen LogP contribution in [-0.4, -0.2) is 23.6 Å². The number of aryl methyl sites for hydroxylation is 1. The van der Waals surface area contributed by atoms with Crippen LogP contribution in [0, 0.1) is 5.82 Å². The van der Waals surface area contributed by atoms with Gasteiger partial charge in [-0.05, 0) is 76.7 Å². The number of sulfonamides is 1. The van der Waals surface area contributed by atoms with Gasteiger partial charge >= 0.3 is 0 Å². The first-order chi connectivity index (χ1) is 21.1. The molecule has 1 N–H and O–H groups in total. The summed E-state index contributed by atoms with van der Waals surface area (Å²) in [5, 5.41) is 11.2. The Bertz CT molecular complexity index is 1880. The van der Waals surface area contributed by atoms with Crippen LogP contribution in [0.15, 0.2) is 120 Å². The highest BCUT2D eigenvalue weighted by Gasteiger charge is 2.30. The molecule has 5 rings (SSSR count). The molecular weight excluding hydrogens is 620 g/mol. The van der Waals surface area contributed by atoms with Gasteiger partial charge in [-0.1, -0.05) is 96.0 Å². The molecule has 0 atom stereocenters. The van der Waals surface area contributed by atoms with Crippen molar-refractivity contribution in [2.45, 2.75) is 30.8 Å². The molecule has 0 unspecified atom stereocenters. The average Bonchev–Trinajstić information content (AvgIpc) is 3.02. The van der Waals surface area contributed by atoms with Gasteiger partial charge in [-0.25, -0.2) is 12.8 Å². The molecule has 224 valence electrons. The van der Waals surface area contributed by atoms with Gasteiger partial charge in [0.25, 0.3) is 0 Å². The summed E-state index contributed by atoms with van der Waals surface area (Å²) in [5.74, 6) is -1.41. The predicted molar refractivity (Wildman–Crippen MR) is 172 cm³/mol. The van der Waals surface area contributed by atoms with Gasteiger partial charge in [-0.3, -0.25) is 4.79 Å². The second-order valence-electron chi connectivity index (χ2n) is 10.3. The van der Waals surface area contributed by atoms with Crippen LogP contribution in [0.3, 0.4) is 0 Å². The van der Waals surface area contributed by atoms with E-state index in [1.807, 2.05) is 60.7 Å². The zero-order valence-electron chi connectivity index (χ0n) is 23.5. The van der Waals surface area contributed by atoms with Crippen LogP contribution in [0.25, 0.3) is 11.1 Å². The maximum absolute atomic E-state index is 14.2. The summed E-state index contributed by atoms with van der Waals surface area (Å²) in [4.78, 5) is 12.7. The van der Waals surface area contributed by atoms with E-state index in [-0.39, 0.29) is 35.9 Å². The third-order valence-electron chi connectivity index (χ3n) is 7.19. The number of phenols is 1. The summed E-state index contributed by atoms with van der Waals surface area (Å²) < 4.78 is 43.3. The number of halogens is 3. The van der Waals surface area contributed by atoms with Gasteiger partial charge < -0.3 is 5.11 Å². The van der Waals surface area contributed by atoms with Crippen LogP contribution in [0.1, 0.15) is 33.5 Å². The smallest absolute Gasteiger partial charge is 0.247 e. The zero-order chi connectivity index (χ0) is 31.3. The molecule has 0 aliphatic heterocycles. The number of hydrogen-bond acceptors (Lipinski definition) is 4. The number of benzene rings is 5. The van der Waals surface area contributed by atoms with Gasteiger partial charge in [0.1, 0.15) is 10.7 Å². The molecule has 0 bridgehead atoms. The Morgan fingerprint density at radius 2 is 1.39 bits per heavy atom. The average molecular weight is 649 g/mol. The zero-order valence-corrected chi connectivity index (χ0v) is 25.8. The van der Waals surface area contributed by atoms with E-state index in [2.05, 4.69) is 0 Å². The van der Waals surface area contributed by atoms with E-state index in [0.717, 1.165) is 16.7 Å². The normalized spacial score (nSPS) is 11.5. The number of carbonyl (C=O) groups is 1. The minimum atomic E-state index is -4.43.